The van der Waals surface area contributed by atoms with Gasteiger partial charge in [0.15, 0.2) is 0 Å². The molecular formula is C22H28N4O3. The first-order valence-electron chi connectivity index (χ1n) is 10.6. The highest BCUT2D eigenvalue weighted by molar-refractivity contribution is 5.84. The van der Waals surface area contributed by atoms with Gasteiger partial charge in [-0.25, -0.2) is 4.79 Å². The normalized spacial score (nSPS) is 29.9. The lowest BCUT2D eigenvalue weighted by Crippen LogP contribution is -2.50. The van der Waals surface area contributed by atoms with Crippen molar-refractivity contribution in [2.24, 2.45) is 30.2 Å². The highest BCUT2D eigenvalue weighted by Crippen LogP contribution is 2.61. The minimum atomic E-state index is -0.401. The highest BCUT2D eigenvalue weighted by Gasteiger charge is 2.51. The molecule has 2 N–H and O–H groups in total. The summed E-state index contributed by atoms with van der Waals surface area (Å²) in [7, 11) is 1.69. The molecule has 1 heterocycles. The molecule has 4 saturated carbocycles. The van der Waals surface area contributed by atoms with Crippen LogP contribution in [0, 0.1) is 23.2 Å². The summed E-state index contributed by atoms with van der Waals surface area (Å²) in [6.07, 6.45) is 8.00. The van der Waals surface area contributed by atoms with Crippen LogP contribution >= 0.6 is 0 Å². The maximum Gasteiger partial charge on any atom is 0.329 e. The van der Waals surface area contributed by atoms with Gasteiger partial charge in [-0.1, -0.05) is 12.1 Å². The number of hydrogen-bond acceptors (Lipinski definition) is 3. The molecule has 0 saturated heterocycles. The second-order valence-corrected chi connectivity index (χ2v) is 9.61. The summed E-state index contributed by atoms with van der Waals surface area (Å²) < 4.78 is 2.95. The Labute approximate surface area is 169 Å². The Balaban J connectivity index is 1.20. The summed E-state index contributed by atoms with van der Waals surface area (Å²) >= 11 is 0. The number of nitrogens with one attached hydrogen (secondary N) is 2. The molecule has 0 unspecified atom stereocenters. The summed E-state index contributed by atoms with van der Waals surface area (Å²) in [4.78, 5) is 37.4. The summed E-state index contributed by atoms with van der Waals surface area (Å²) in [5.41, 5.74) is 6.46. The third-order valence-corrected chi connectivity index (χ3v) is 7.40. The smallest absolute Gasteiger partial charge is 0.295 e. The molecule has 154 valence electrons. The Hall–Kier alpha value is -2.57. The monoisotopic (exact) mass is 396 g/mol. The van der Waals surface area contributed by atoms with Crippen molar-refractivity contribution >= 4 is 22.8 Å². The van der Waals surface area contributed by atoms with E-state index in [1.165, 1.54) is 28.4 Å². The van der Waals surface area contributed by atoms with Gasteiger partial charge in [0, 0.05) is 13.5 Å². The van der Waals surface area contributed by atoms with Crippen LogP contribution in [0.5, 0.6) is 0 Å². The van der Waals surface area contributed by atoms with Gasteiger partial charge in [0.2, 0.25) is 5.91 Å². The summed E-state index contributed by atoms with van der Waals surface area (Å²) in [6, 6.07) is 7.36. The van der Waals surface area contributed by atoms with Gasteiger partial charge in [-0.05, 0) is 73.8 Å². The first kappa shape index (κ1) is 18.5. The molecule has 2 aromatic rings. The molecule has 29 heavy (non-hydrogen) atoms. The molecule has 0 aliphatic heterocycles. The second-order valence-electron chi connectivity index (χ2n) is 9.61. The van der Waals surface area contributed by atoms with Crippen molar-refractivity contribution < 1.29 is 9.59 Å². The van der Waals surface area contributed by atoms with Crippen molar-refractivity contribution in [3.8, 4) is 0 Å². The van der Waals surface area contributed by atoms with Gasteiger partial charge >= 0.3 is 5.69 Å². The van der Waals surface area contributed by atoms with Gasteiger partial charge in [0.05, 0.1) is 11.0 Å². The minimum absolute atomic E-state index is 0.120. The number of rotatable bonds is 4. The van der Waals surface area contributed by atoms with Crippen molar-refractivity contribution in [1.82, 2.24) is 20.0 Å². The van der Waals surface area contributed by atoms with Crippen LogP contribution < -0.4 is 16.5 Å². The number of aromatic nitrogens is 2. The number of nitrogens with zero attached hydrogens (tertiary/aromatic N) is 2. The fourth-order valence-corrected chi connectivity index (χ4v) is 6.73. The minimum Gasteiger partial charge on any atom is -0.295 e. The molecule has 0 spiro atoms. The van der Waals surface area contributed by atoms with E-state index in [0.29, 0.717) is 11.9 Å². The van der Waals surface area contributed by atoms with E-state index in [1.54, 1.807) is 7.05 Å². The van der Waals surface area contributed by atoms with Crippen molar-refractivity contribution in [2.75, 3.05) is 0 Å². The zero-order chi connectivity index (χ0) is 20.2. The first-order valence-corrected chi connectivity index (χ1v) is 10.6. The lowest BCUT2D eigenvalue weighted by Gasteiger charge is -2.56. The van der Waals surface area contributed by atoms with Crippen LogP contribution in [-0.2, 0) is 23.2 Å². The van der Waals surface area contributed by atoms with Crippen LogP contribution in [0.25, 0.3) is 11.0 Å². The van der Waals surface area contributed by atoms with E-state index >= 15 is 0 Å². The Kier molecular flexibility index (Phi) is 4.29. The average molecular weight is 396 g/mol. The molecular weight excluding hydrogens is 368 g/mol. The molecule has 4 bridgehead atoms. The van der Waals surface area contributed by atoms with Crippen LogP contribution in [0.4, 0.5) is 0 Å². The Morgan fingerprint density at radius 2 is 1.52 bits per heavy atom. The molecule has 0 atom stereocenters. The van der Waals surface area contributed by atoms with E-state index in [9.17, 15) is 14.4 Å². The van der Waals surface area contributed by atoms with Crippen molar-refractivity contribution in [3.05, 3.63) is 34.7 Å². The standard InChI is InChI=1S/C22H28N4O3/c1-25-17-4-2-3-5-18(17)26(21(25)29)13-20(28)24-23-19(27)12-22-9-14-6-15(10-22)8-16(7-14)11-22/h2-5,14-16H,6-13H2,1H3,(H,23,27)(H,24,28). The Bertz CT molecular complexity index is 999. The predicted octanol–water partition coefficient (Wildman–Crippen LogP) is 2.09. The van der Waals surface area contributed by atoms with Gasteiger partial charge in [-0.15, -0.1) is 0 Å². The van der Waals surface area contributed by atoms with Crippen molar-refractivity contribution in [3.63, 3.8) is 0 Å². The van der Waals surface area contributed by atoms with Crippen molar-refractivity contribution in [1.29, 1.82) is 0 Å². The zero-order valence-corrected chi connectivity index (χ0v) is 16.8. The number of benzene rings is 1. The lowest BCUT2D eigenvalue weighted by molar-refractivity contribution is -0.134. The number of carbonyl (C=O) groups excluding carboxylic acids is 2. The Morgan fingerprint density at radius 3 is 2.14 bits per heavy atom. The first-order chi connectivity index (χ1) is 13.9. The molecule has 7 nitrogen and oxygen atoms in total. The topological polar surface area (TPSA) is 85.1 Å². The average Bonchev–Trinajstić information content (AvgIpc) is 2.90. The molecule has 7 heteroatoms. The predicted molar refractivity (Wildman–Crippen MR) is 109 cm³/mol. The van der Waals surface area contributed by atoms with Crippen molar-refractivity contribution in [2.45, 2.75) is 51.5 Å². The number of aryl methyl sites for hydroxylation is 1. The number of carbonyl (C=O) groups is 2. The number of hydrogen-bond donors (Lipinski definition) is 2. The van der Waals surface area contributed by atoms with Gasteiger partial charge in [0.25, 0.3) is 5.91 Å². The SMILES string of the molecule is Cn1c(=O)n(CC(=O)NNC(=O)CC23CC4CC(CC(C4)C2)C3)c2ccccc21. The summed E-state index contributed by atoms with van der Waals surface area (Å²) in [5, 5.41) is 0. The molecule has 2 amide bonds. The second kappa shape index (κ2) is 6.75. The fraction of sp³-hybridized carbons (Fsp3) is 0.591. The molecule has 1 aromatic heterocycles. The van der Waals surface area contributed by atoms with Crippen LogP contribution in [0.2, 0.25) is 0 Å². The van der Waals surface area contributed by atoms with Gasteiger partial charge in [0.1, 0.15) is 6.54 Å². The number of para-hydroxylation sites is 2. The molecule has 1 aromatic carbocycles. The van der Waals surface area contributed by atoms with E-state index in [2.05, 4.69) is 10.9 Å². The Morgan fingerprint density at radius 1 is 0.966 bits per heavy atom. The maximum absolute atomic E-state index is 12.6. The molecule has 4 fully saturated rings. The zero-order valence-electron chi connectivity index (χ0n) is 16.8. The quantitative estimate of drug-likeness (QED) is 0.776. The van der Waals surface area contributed by atoms with Crippen LogP contribution in [0.3, 0.4) is 0 Å². The summed E-state index contributed by atoms with van der Waals surface area (Å²) in [6.45, 7) is -0.127. The van der Waals surface area contributed by atoms with Gasteiger partial charge in [-0.3, -0.25) is 29.6 Å². The maximum atomic E-state index is 12.6. The van der Waals surface area contributed by atoms with Crippen LogP contribution in [0.15, 0.2) is 29.1 Å². The lowest BCUT2D eigenvalue weighted by atomic mass is 9.49. The third kappa shape index (κ3) is 3.26. The molecule has 4 aliphatic rings. The van der Waals surface area contributed by atoms with E-state index in [4.69, 9.17) is 0 Å². The fourth-order valence-electron chi connectivity index (χ4n) is 6.73. The number of imidazole rings is 1. The van der Waals surface area contributed by atoms with E-state index < -0.39 is 5.91 Å². The molecule has 6 rings (SSSR count). The number of amides is 2. The summed E-state index contributed by atoms with van der Waals surface area (Å²) in [5.74, 6) is 1.86. The van der Waals surface area contributed by atoms with Gasteiger partial charge in [-0.2, -0.15) is 0 Å². The highest BCUT2D eigenvalue weighted by atomic mass is 16.2. The van der Waals surface area contributed by atoms with E-state index in [-0.39, 0.29) is 23.6 Å². The molecule has 0 radical (unpaired) electrons. The van der Waals surface area contributed by atoms with E-state index in [0.717, 1.165) is 42.5 Å². The number of hydrazine groups is 1. The molecule has 4 aliphatic carbocycles. The van der Waals surface area contributed by atoms with Gasteiger partial charge < -0.3 is 0 Å². The van der Waals surface area contributed by atoms with Crippen LogP contribution in [-0.4, -0.2) is 20.9 Å². The van der Waals surface area contributed by atoms with Crippen LogP contribution in [0.1, 0.15) is 44.9 Å². The number of fused-ring (bicyclic) bond motifs is 1. The van der Waals surface area contributed by atoms with E-state index in [1.807, 2.05) is 24.3 Å². The largest absolute Gasteiger partial charge is 0.329 e. The third-order valence-electron chi connectivity index (χ3n) is 7.40.